The predicted octanol–water partition coefficient (Wildman–Crippen LogP) is 1.32. The number of piperidine rings is 1. The van der Waals surface area contributed by atoms with Gasteiger partial charge in [-0.25, -0.2) is 4.79 Å². The zero-order valence-electron chi connectivity index (χ0n) is 13.0. The van der Waals surface area contributed by atoms with Crippen molar-refractivity contribution in [3.8, 4) is 0 Å². The number of hydrogen-bond donors (Lipinski definition) is 1. The SMILES string of the molecule is CCN(C(=O)N1CCC(N(C)C)CC1)C(C)CC(=O)O. The third-order valence-corrected chi connectivity index (χ3v) is 4.05. The van der Waals surface area contributed by atoms with Crippen molar-refractivity contribution in [2.45, 2.75) is 45.2 Å². The second-order valence-electron chi connectivity index (χ2n) is 5.70. The van der Waals surface area contributed by atoms with E-state index in [2.05, 4.69) is 19.0 Å². The molecule has 1 heterocycles. The smallest absolute Gasteiger partial charge is 0.320 e. The molecule has 1 fully saturated rings. The summed E-state index contributed by atoms with van der Waals surface area (Å²) in [4.78, 5) is 29.0. The summed E-state index contributed by atoms with van der Waals surface area (Å²) in [6.07, 6.45) is 1.95. The highest BCUT2D eigenvalue weighted by atomic mass is 16.4. The lowest BCUT2D eigenvalue weighted by atomic mass is 10.0. The summed E-state index contributed by atoms with van der Waals surface area (Å²) in [5.74, 6) is -0.866. The molecule has 2 amide bonds. The topological polar surface area (TPSA) is 64.1 Å². The Hall–Kier alpha value is -1.30. The van der Waals surface area contributed by atoms with Gasteiger partial charge in [0.15, 0.2) is 0 Å². The fourth-order valence-electron chi connectivity index (χ4n) is 2.75. The number of carboxylic acids is 1. The molecule has 0 aliphatic carbocycles. The Kier molecular flexibility index (Phi) is 6.26. The third-order valence-electron chi connectivity index (χ3n) is 4.05. The lowest BCUT2D eigenvalue weighted by Crippen LogP contribution is -2.52. The minimum absolute atomic E-state index is 0.00621. The van der Waals surface area contributed by atoms with Crippen molar-refractivity contribution in [2.24, 2.45) is 0 Å². The lowest BCUT2D eigenvalue weighted by molar-refractivity contribution is -0.138. The van der Waals surface area contributed by atoms with E-state index in [1.54, 1.807) is 11.8 Å². The van der Waals surface area contributed by atoms with Gasteiger partial charge in [0, 0.05) is 31.7 Å². The van der Waals surface area contributed by atoms with Crippen LogP contribution in [0.25, 0.3) is 0 Å². The maximum absolute atomic E-state index is 12.5. The average Bonchev–Trinajstić information content (AvgIpc) is 2.38. The van der Waals surface area contributed by atoms with E-state index >= 15 is 0 Å². The van der Waals surface area contributed by atoms with Crippen molar-refractivity contribution < 1.29 is 14.7 Å². The van der Waals surface area contributed by atoms with Gasteiger partial charge in [0.05, 0.1) is 6.42 Å². The summed E-state index contributed by atoms with van der Waals surface area (Å²) in [7, 11) is 4.13. The van der Waals surface area contributed by atoms with Gasteiger partial charge in [-0.15, -0.1) is 0 Å². The normalized spacial score (nSPS) is 18.1. The number of carbonyl (C=O) groups is 2. The highest BCUT2D eigenvalue weighted by molar-refractivity contribution is 5.76. The molecule has 0 radical (unpaired) electrons. The summed E-state index contributed by atoms with van der Waals surface area (Å²) in [6.45, 7) is 5.72. The van der Waals surface area contributed by atoms with Crippen LogP contribution in [0.15, 0.2) is 0 Å². The number of rotatable bonds is 5. The Balaban J connectivity index is 2.57. The molecule has 1 atom stereocenters. The first-order valence-corrected chi connectivity index (χ1v) is 7.30. The number of amides is 2. The monoisotopic (exact) mass is 285 g/mol. The van der Waals surface area contributed by atoms with Crippen LogP contribution in [-0.2, 0) is 4.79 Å². The summed E-state index contributed by atoms with van der Waals surface area (Å²) < 4.78 is 0. The van der Waals surface area contributed by atoms with Gasteiger partial charge < -0.3 is 19.8 Å². The van der Waals surface area contributed by atoms with E-state index in [9.17, 15) is 9.59 Å². The number of likely N-dealkylation sites (tertiary alicyclic amines) is 1. The molecule has 0 aromatic rings. The zero-order valence-corrected chi connectivity index (χ0v) is 13.0. The largest absolute Gasteiger partial charge is 0.481 e. The Labute approximate surface area is 121 Å². The van der Waals surface area contributed by atoms with Crippen LogP contribution in [0.5, 0.6) is 0 Å². The minimum Gasteiger partial charge on any atom is -0.481 e. The molecule has 1 aliphatic rings. The molecule has 0 saturated carbocycles. The fraction of sp³-hybridized carbons (Fsp3) is 0.857. The summed E-state index contributed by atoms with van der Waals surface area (Å²) in [5.41, 5.74) is 0. The number of carboxylic acid groups (broad SMARTS) is 1. The second-order valence-corrected chi connectivity index (χ2v) is 5.70. The average molecular weight is 285 g/mol. The van der Waals surface area contributed by atoms with Gasteiger partial charge in [-0.2, -0.15) is 0 Å². The molecule has 0 aromatic carbocycles. The molecular formula is C14H27N3O3. The molecule has 20 heavy (non-hydrogen) atoms. The quantitative estimate of drug-likeness (QED) is 0.827. The first-order chi connectivity index (χ1) is 9.36. The molecular weight excluding hydrogens is 258 g/mol. The number of aliphatic carboxylic acids is 1. The lowest BCUT2D eigenvalue weighted by Gasteiger charge is -2.39. The van der Waals surface area contributed by atoms with Crippen LogP contribution in [0.4, 0.5) is 4.79 Å². The van der Waals surface area contributed by atoms with Gasteiger partial charge in [0.2, 0.25) is 0 Å². The molecule has 0 bridgehead atoms. The summed E-state index contributed by atoms with van der Waals surface area (Å²) >= 11 is 0. The van der Waals surface area contributed by atoms with Crippen molar-refractivity contribution in [3.05, 3.63) is 0 Å². The zero-order chi connectivity index (χ0) is 15.3. The van der Waals surface area contributed by atoms with Gasteiger partial charge in [-0.1, -0.05) is 0 Å². The van der Waals surface area contributed by atoms with Gasteiger partial charge in [-0.05, 0) is 40.8 Å². The Morgan fingerprint density at radius 2 is 1.85 bits per heavy atom. The number of nitrogens with zero attached hydrogens (tertiary/aromatic N) is 3. The first kappa shape index (κ1) is 16.8. The van der Waals surface area contributed by atoms with E-state index in [1.807, 2.05) is 11.8 Å². The molecule has 0 spiro atoms. The number of carbonyl (C=O) groups excluding carboxylic acids is 1. The minimum atomic E-state index is -0.866. The Morgan fingerprint density at radius 3 is 2.25 bits per heavy atom. The summed E-state index contributed by atoms with van der Waals surface area (Å²) in [6, 6.07) is 0.237. The molecule has 116 valence electrons. The number of hydrogen-bond acceptors (Lipinski definition) is 3. The van der Waals surface area contributed by atoms with Crippen LogP contribution in [0, 0.1) is 0 Å². The van der Waals surface area contributed by atoms with Crippen LogP contribution in [0.2, 0.25) is 0 Å². The van der Waals surface area contributed by atoms with Gasteiger partial charge in [0.1, 0.15) is 0 Å². The fourth-order valence-corrected chi connectivity index (χ4v) is 2.75. The van der Waals surface area contributed by atoms with Crippen LogP contribution in [-0.4, -0.2) is 77.6 Å². The molecule has 0 aromatic heterocycles. The van der Waals surface area contributed by atoms with Crippen molar-refractivity contribution in [1.82, 2.24) is 14.7 Å². The van der Waals surface area contributed by atoms with Gasteiger partial charge in [-0.3, -0.25) is 4.79 Å². The van der Waals surface area contributed by atoms with E-state index in [1.165, 1.54) is 0 Å². The van der Waals surface area contributed by atoms with Gasteiger partial charge in [0.25, 0.3) is 0 Å². The van der Waals surface area contributed by atoms with Crippen LogP contribution in [0.1, 0.15) is 33.1 Å². The van der Waals surface area contributed by atoms with Crippen molar-refractivity contribution in [3.63, 3.8) is 0 Å². The molecule has 1 rings (SSSR count). The first-order valence-electron chi connectivity index (χ1n) is 7.30. The maximum atomic E-state index is 12.5. The van der Waals surface area contributed by atoms with Crippen LogP contribution in [0.3, 0.4) is 0 Å². The Bertz CT molecular complexity index is 339. The number of urea groups is 1. The predicted molar refractivity (Wildman–Crippen MR) is 77.8 cm³/mol. The second kappa shape index (κ2) is 7.47. The molecule has 6 heteroatoms. The standard InChI is InChI=1S/C14H27N3O3/c1-5-17(11(2)10-13(18)19)14(20)16-8-6-12(7-9-16)15(3)4/h11-12H,5-10H2,1-4H3,(H,18,19). The van der Waals surface area contributed by atoms with Crippen LogP contribution < -0.4 is 0 Å². The van der Waals surface area contributed by atoms with E-state index in [0.717, 1.165) is 25.9 Å². The third kappa shape index (κ3) is 4.37. The summed E-state index contributed by atoms with van der Waals surface area (Å²) in [5, 5.41) is 8.86. The highest BCUT2D eigenvalue weighted by Crippen LogP contribution is 2.17. The van der Waals surface area contributed by atoms with E-state index in [4.69, 9.17) is 5.11 Å². The van der Waals surface area contributed by atoms with E-state index in [-0.39, 0.29) is 18.5 Å². The Morgan fingerprint density at radius 1 is 1.30 bits per heavy atom. The van der Waals surface area contributed by atoms with Crippen LogP contribution >= 0.6 is 0 Å². The van der Waals surface area contributed by atoms with Gasteiger partial charge >= 0.3 is 12.0 Å². The molecule has 1 saturated heterocycles. The van der Waals surface area contributed by atoms with E-state index in [0.29, 0.717) is 12.6 Å². The molecule has 1 N–H and O–H groups in total. The van der Waals surface area contributed by atoms with E-state index < -0.39 is 5.97 Å². The van der Waals surface area contributed by atoms with Crippen molar-refractivity contribution >= 4 is 12.0 Å². The van der Waals surface area contributed by atoms with Crippen molar-refractivity contribution in [1.29, 1.82) is 0 Å². The molecule has 1 unspecified atom stereocenters. The maximum Gasteiger partial charge on any atom is 0.320 e. The van der Waals surface area contributed by atoms with Crippen molar-refractivity contribution in [2.75, 3.05) is 33.7 Å². The molecule has 1 aliphatic heterocycles. The highest BCUT2D eigenvalue weighted by Gasteiger charge is 2.29. The molecule has 6 nitrogen and oxygen atoms in total.